The first kappa shape index (κ1) is 29.6. The lowest BCUT2D eigenvalue weighted by Crippen LogP contribution is -2.21. The molecule has 8 heteroatoms. The molecule has 2 aromatic heterocycles. The van der Waals surface area contributed by atoms with Crippen LogP contribution in [0.4, 0.5) is 5.69 Å². The van der Waals surface area contributed by atoms with Crippen molar-refractivity contribution in [1.82, 2.24) is 14.2 Å². The SMILES string of the molecule is COc1cc(C)c(-c2nc3ccccc3c(=O)n2N=Cc2cn(CC(=O)Nc3ccccc3C)c3ccccc23)cc1C(C)C. The number of para-hydroxylation sites is 3. The zero-order chi connectivity index (χ0) is 31.7. The molecule has 1 amide bonds. The van der Waals surface area contributed by atoms with E-state index < -0.39 is 0 Å². The Morgan fingerprint density at radius 3 is 2.42 bits per heavy atom. The molecule has 0 saturated heterocycles. The first-order valence-electron chi connectivity index (χ1n) is 14.9. The minimum Gasteiger partial charge on any atom is -0.496 e. The standard InChI is InChI=1S/C37H35N5O3/c1-23(2)29-19-30(25(4)18-34(29)45-5)36-40-32-16-10-7-14-28(32)37(44)42(36)38-20-26-21-41(33-17-11-8-13-27(26)33)22-35(43)39-31-15-9-6-12-24(31)3/h6-21,23H,22H2,1-5H3,(H,39,43). The first-order valence-corrected chi connectivity index (χ1v) is 14.9. The molecule has 2 heterocycles. The van der Waals surface area contributed by atoms with Gasteiger partial charge in [0, 0.05) is 33.9 Å². The van der Waals surface area contributed by atoms with Crippen LogP contribution in [0.15, 0.2) is 101 Å². The van der Waals surface area contributed by atoms with Crippen molar-refractivity contribution in [3.63, 3.8) is 0 Å². The van der Waals surface area contributed by atoms with Crippen LogP contribution in [-0.2, 0) is 11.3 Å². The van der Waals surface area contributed by atoms with Gasteiger partial charge < -0.3 is 14.6 Å². The maximum absolute atomic E-state index is 13.9. The zero-order valence-corrected chi connectivity index (χ0v) is 26.0. The van der Waals surface area contributed by atoms with E-state index >= 15 is 0 Å². The summed E-state index contributed by atoms with van der Waals surface area (Å²) in [5, 5.41) is 9.15. The van der Waals surface area contributed by atoms with Gasteiger partial charge in [-0.15, -0.1) is 0 Å². The van der Waals surface area contributed by atoms with E-state index in [1.54, 1.807) is 19.4 Å². The number of carbonyl (C=O) groups is 1. The Kier molecular flexibility index (Phi) is 8.04. The van der Waals surface area contributed by atoms with Gasteiger partial charge in [0.25, 0.3) is 5.56 Å². The second-order valence-electron chi connectivity index (χ2n) is 11.5. The number of rotatable bonds is 8. The number of aryl methyl sites for hydroxylation is 2. The molecule has 0 bridgehead atoms. The van der Waals surface area contributed by atoms with Crippen molar-refractivity contribution in [2.45, 2.75) is 40.2 Å². The van der Waals surface area contributed by atoms with E-state index in [9.17, 15) is 9.59 Å². The molecule has 226 valence electrons. The number of hydrogen-bond donors (Lipinski definition) is 1. The largest absolute Gasteiger partial charge is 0.496 e. The van der Waals surface area contributed by atoms with Crippen LogP contribution in [0.3, 0.4) is 0 Å². The summed E-state index contributed by atoms with van der Waals surface area (Å²) in [4.78, 5) is 31.9. The summed E-state index contributed by atoms with van der Waals surface area (Å²) in [6.45, 7) is 8.27. The van der Waals surface area contributed by atoms with E-state index in [-0.39, 0.29) is 23.9 Å². The fourth-order valence-electron chi connectivity index (χ4n) is 5.66. The maximum Gasteiger partial charge on any atom is 0.282 e. The summed E-state index contributed by atoms with van der Waals surface area (Å²) < 4.78 is 8.94. The van der Waals surface area contributed by atoms with Crippen LogP contribution in [0.1, 0.15) is 42.0 Å². The summed E-state index contributed by atoms with van der Waals surface area (Å²) in [5.41, 5.74) is 6.50. The average Bonchev–Trinajstić information content (AvgIpc) is 3.38. The zero-order valence-electron chi connectivity index (χ0n) is 26.0. The van der Waals surface area contributed by atoms with Crippen LogP contribution in [-0.4, -0.2) is 33.5 Å². The number of nitrogens with one attached hydrogen (secondary N) is 1. The molecule has 0 radical (unpaired) electrons. The highest BCUT2D eigenvalue weighted by Gasteiger charge is 2.19. The number of carbonyl (C=O) groups excluding carboxylic acids is 1. The molecule has 4 aromatic carbocycles. The lowest BCUT2D eigenvalue weighted by atomic mass is 9.96. The number of aromatic nitrogens is 3. The number of amides is 1. The third kappa shape index (κ3) is 5.74. The monoisotopic (exact) mass is 597 g/mol. The summed E-state index contributed by atoms with van der Waals surface area (Å²) in [5.74, 6) is 1.29. The van der Waals surface area contributed by atoms with Crippen molar-refractivity contribution in [3.05, 3.63) is 124 Å². The third-order valence-corrected chi connectivity index (χ3v) is 8.06. The Balaban J connectivity index is 1.45. The van der Waals surface area contributed by atoms with Gasteiger partial charge in [-0.2, -0.15) is 9.78 Å². The minimum atomic E-state index is -0.269. The van der Waals surface area contributed by atoms with Crippen LogP contribution >= 0.6 is 0 Å². The van der Waals surface area contributed by atoms with Crippen molar-refractivity contribution in [2.24, 2.45) is 5.10 Å². The van der Waals surface area contributed by atoms with Gasteiger partial charge in [-0.1, -0.05) is 62.4 Å². The highest BCUT2D eigenvalue weighted by atomic mass is 16.5. The lowest BCUT2D eigenvalue weighted by molar-refractivity contribution is -0.116. The fourth-order valence-corrected chi connectivity index (χ4v) is 5.66. The molecule has 0 atom stereocenters. The molecule has 0 fully saturated rings. The molecule has 6 rings (SSSR count). The van der Waals surface area contributed by atoms with E-state index in [1.807, 2.05) is 103 Å². The number of hydrogen-bond acceptors (Lipinski definition) is 5. The van der Waals surface area contributed by atoms with E-state index in [4.69, 9.17) is 14.8 Å². The molecule has 8 nitrogen and oxygen atoms in total. The van der Waals surface area contributed by atoms with Gasteiger partial charge in [0.2, 0.25) is 5.91 Å². The normalized spacial score (nSPS) is 11.6. The van der Waals surface area contributed by atoms with Gasteiger partial charge in [0.05, 0.1) is 24.2 Å². The molecule has 0 spiro atoms. The number of fused-ring (bicyclic) bond motifs is 2. The Bertz CT molecular complexity index is 2160. The molecular formula is C37H35N5O3. The predicted molar refractivity (Wildman–Crippen MR) is 182 cm³/mol. The third-order valence-electron chi connectivity index (χ3n) is 8.06. The number of anilines is 1. The second-order valence-corrected chi connectivity index (χ2v) is 11.5. The number of nitrogens with zero attached hydrogens (tertiary/aromatic N) is 4. The lowest BCUT2D eigenvalue weighted by Gasteiger charge is -2.17. The minimum absolute atomic E-state index is 0.119. The maximum atomic E-state index is 13.9. The molecular weight excluding hydrogens is 562 g/mol. The Morgan fingerprint density at radius 2 is 1.67 bits per heavy atom. The fraction of sp³-hybridized carbons (Fsp3) is 0.189. The topological polar surface area (TPSA) is 90.5 Å². The van der Waals surface area contributed by atoms with Crippen molar-refractivity contribution >= 4 is 39.6 Å². The average molecular weight is 598 g/mol. The van der Waals surface area contributed by atoms with Gasteiger partial charge in [-0.25, -0.2) is 4.98 Å². The molecule has 1 N–H and O–H groups in total. The van der Waals surface area contributed by atoms with Crippen LogP contribution < -0.4 is 15.6 Å². The van der Waals surface area contributed by atoms with E-state index in [0.29, 0.717) is 16.7 Å². The van der Waals surface area contributed by atoms with Crippen molar-refractivity contribution in [2.75, 3.05) is 12.4 Å². The van der Waals surface area contributed by atoms with E-state index in [0.717, 1.165) is 50.2 Å². The number of benzene rings is 4. The van der Waals surface area contributed by atoms with E-state index in [2.05, 4.69) is 19.2 Å². The van der Waals surface area contributed by atoms with Gasteiger partial charge in [0.15, 0.2) is 5.82 Å². The molecule has 0 aliphatic heterocycles. The summed E-state index contributed by atoms with van der Waals surface area (Å²) in [7, 11) is 1.66. The Labute approximate surface area is 261 Å². The van der Waals surface area contributed by atoms with Crippen molar-refractivity contribution in [1.29, 1.82) is 0 Å². The van der Waals surface area contributed by atoms with Crippen LogP contribution in [0.2, 0.25) is 0 Å². The van der Waals surface area contributed by atoms with Crippen LogP contribution in [0.25, 0.3) is 33.2 Å². The summed E-state index contributed by atoms with van der Waals surface area (Å²) in [6, 6.07) is 26.9. The quantitative estimate of drug-likeness (QED) is 0.187. The molecule has 0 aliphatic carbocycles. The molecule has 0 unspecified atom stereocenters. The molecule has 6 aromatic rings. The van der Waals surface area contributed by atoms with Crippen molar-refractivity contribution in [3.8, 4) is 17.1 Å². The number of methoxy groups -OCH3 is 1. The van der Waals surface area contributed by atoms with Gasteiger partial charge in [-0.05, 0) is 72.9 Å². The Morgan fingerprint density at radius 1 is 0.956 bits per heavy atom. The van der Waals surface area contributed by atoms with Gasteiger partial charge in [-0.3, -0.25) is 9.59 Å². The van der Waals surface area contributed by atoms with Crippen molar-refractivity contribution < 1.29 is 9.53 Å². The second kappa shape index (κ2) is 12.2. The highest BCUT2D eigenvalue weighted by Crippen LogP contribution is 2.34. The molecule has 0 aliphatic rings. The van der Waals surface area contributed by atoms with Gasteiger partial charge >= 0.3 is 0 Å². The smallest absolute Gasteiger partial charge is 0.282 e. The van der Waals surface area contributed by atoms with Crippen LogP contribution in [0.5, 0.6) is 5.75 Å². The van der Waals surface area contributed by atoms with Gasteiger partial charge in [0.1, 0.15) is 12.3 Å². The molecule has 45 heavy (non-hydrogen) atoms. The first-order chi connectivity index (χ1) is 21.7. The number of ether oxygens (including phenoxy) is 1. The summed E-state index contributed by atoms with van der Waals surface area (Å²) in [6.07, 6.45) is 3.56. The van der Waals surface area contributed by atoms with E-state index in [1.165, 1.54) is 4.68 Å². The molecule has 0 saturated carbocycles. The van der Waals surface area contributed by atoms with Crippen LogP contribution in [0, 0.1) is 13.8 Å². The Hall–Kier alpha value is -5.50. The highest BCUT2D eigenvalue weighted by molar-refractivity contribution is 6.00. The predicted octanol–water partition coefficient (Wildman–Crippen LogP) is 7.29. The summed E-state index contributed by atoms with van der Waals surface area (Å²) >= 11 is 0.